The van der Waals surface area contributed by atoms with Crippen molar-refractivity contribution in [2.24, 2.45) is 0 Å². The third-order valence-corrected chi connectivity index (χ3v) is 5.55. The summed E-state index contributed by atoms with van der Waals surface area (Å²) in [5, 5.41) is 27.8. The van der Waals surface area contributed by atoms with E-state index in [9.17, 15) is 19.2 Å². The van der Waals surface area contributed by atoms with Crippen LogP contribution in [0.4, 0.5) is 11.4 Å². The predicted molar refractivity (Wildman–Crippen MR) is 137 cm³/mol. The number of nitrogens with one attached hydrogen (secondary N) is 3. The fourth-order valence-corrected chi connectivity index (χ4v) is 3.64. The van der Waals surface area contributed by atoms with E-state index in [-0.39, 0.29) is 17.7 Å². The minimum absolute atomic E-state index is 0.0517. The van der Waals surface area contributed by atoms with E-state index in [4.69, 9.17) is 16.7 Å². The number of carboxylic acids is 1. The summed E-state index contributed by atoms with van der Waals surface area (Å²) in [5.41, 5.74) is 1.65. The summed E-state index contributed by atoms with van der Waals surface area (Å²) >= 11 is 6.06. The molecule has 0 aliphatic rings. The quantitative estimate of drug-likeness (QED) is 0.250. The van der Waals surface area contributed by atoms with Gasteiger partial charge in [-0.25, -0.2) is 4.79 Å². The standard InChI is InChI=1S/C25H20ClN7O5/c26-17-8-11-21(33-14-27-31-32-33)19(13-17)29-23(35)24(36)30-20(12-15-4-2-1-3-5-15)22(34)28-18-9-6-16(7-10-18)25(37)38/h1-11,13-14,20H,12H2,(H,28,34)(H,29,35)(H,30,36)(H,37,38)/t20-/m0/s1. The number of halogens is 1. The number of carbonyl (C=O) groups excluding carboxylic acids is 3. The lowest BCUT2D eigenvalue weighted by Gasteiger charge is -2.19. The molecule has 0 aliphatic carbocycles. The monoisotopic (exact) mass is 533 g/mol. The average Bonchev–Trinajstić information content (AvgIpc) is 3.44. The molecule has 4 N–H and O–H groups in total. The Morgan fingerprint density at radius 2 is 1.66 bits per heavy atom. The van der Waals surface area contributed by atoms with Crippen LogP contribution in [0, 0.1) is 0 Å². The van der Waals surface area contributed by atoms with Gasteiger partial charge < -0.3 is 21.1 Å². The minimum Gasteiger partial charge on any atom is -0.478 e. The summed E-state index contributed by atoms with van der Waals surface area (Å²) in [7, 11) is 0. The fourth-order valence-electron chi connectivity index (χ4n) is 3.47. The number of hydrogen-bond acceptors (Lipinski definition) is 7. The molecule has 0 radical (unpaired) electrons. The number of tetrazole rings is 1. The molecule has 4 aromatic rings. The van der Waals surface area contributed by atoms with E-state index in [1.807, 2.05) is 6.07 Å². The topological polar surface area (TPSA) is 168 Å². The number of aromatic carboxylic acids is 1. The van der Waals surface area contributed by atoms with Gasteiger partial charge in [-0.3, -0.25) is 14.4 Å². The van der Waals surface area contributed by atoms with Gasteiger partial charge in [0.25, 0.3) is 0 Å². The van der Waals surface area contributed by atoms with Crippen molar-refractivity contribution < 1.29 is 24.3 Å². The third kappa shape index (κ3) is 6.56. The van der Waals surface area contributed by atoms with Gasteiger partial charge in [0, 0.05) is 17.1 Å². The van der Waals surface area contributed by atoms with Crippen molar-refractivity contribution in [2.75, 3.05) is 10.6 Å². The van der Waals surface area contributed by atoms with Crippen LogP contribution in [0.15, 0.2) is 79.1 Å². The first kappa shape index (κ1) is 26.0. The number of rotatable bonds is 8. The molecule has 3 amide bonds. The zero-order valence-corrected chi connectivity index (χ0v) is 20.3. The molecule has 1 atom stereocenters. The highest BCUT2D eigenvalue weighted by Gasteiger charge is 2.26. The third-order valence-electron chi connectivity index (χ3n) is 5.31. The second-order valence-electron chi connectivity index (χ2n) is 7.96. The number of hydrogen-bond donors (Lipinski definition) is 4. The van der Waals surface area contributed by atoms with Gasteiger partial charge in [-0.1, -0.05) is 41.9 Å². The van der Waals surface area contributed by atoms with Gasteiger partial charge in [-0.15, -0.1) is 5.10 Å². The molecule has 0 spiro atoms. The molecule has 1 aromatic heterocycles. The highest BCUT2D eigenvalue weighted by Crippen LogP contribution is 2.23. The number of aromatic nitrogens is 4. The second-order valence-corrected chi connectivity index (χ2v) is 8.39. The molecule has 13 heteroatoms. The fraction of sp³-hybridized carbons (Fsp3) is 0.0800. The number of anilines is 2. The normalized spacial score (nSPS) is 11.3. The van der Waals surface area contributed by atoms with Gasteiger partial charge in [0.1, 0.15) is 12.4 Å². The van der Waals surface area contributed by atoms with Crippen molar-refractivity contribution in [3.63, 3.8) is 0 Å². The Morgan fingerprint density at radius 1 is 0.921 bits per heavy atom. The molecule has 3 aromatic carbocycles. The zero-order chi connectivity index (χ0) is 27.1. The van der Waals surface area contributed by atoms with Crippen molar-refractivity contribution in [2.45, 2.75) is 12.5 Å². The molecule has 38 heavy (non-hydrogen) atoms. The molecule has 12 nitrogen and oxygen atoms in total. The van der Waals surface area contributed by atoms with Gasteiger partial charge in [0.05, 0.1) is 16.9 Å². The van der Waals surface area contributed by atoms with Crippen LogP contribution < -0.4 is 16.0 Å². The molecule has 0 unspecified atom stereocenters. The van der Waals surface area contributed by atoms with Crippen LogP contribution in [0.25, 0.3) is 5.69 Å². The molecule has 1 heterocycles. The Morgan fingerprint density at radius 3 is 2.32 bits per heavy atom. The SMILES string of the molecule is O=C(Nc1cc(Cl)ccc1-n1cnnn1)C(=O)N[C@@H](Cc1ccccc1)C(=O)Nc1ccc(C(=O)O)cc1. The van der Waals surface area contributed by atoms with Gasteiger partial charge >= 0.3 is 17.8 Å². The molecular formula is C25H20ClN7O5. The van der Waals surface area contributed by atoms with E-state index in [2.05, 4.69) is 31.5 Å². The molecule has 4 rings (SSSR count). The second kappa shape index (κ2) is 11.8. The van der Waals surface area contributed by atoms with Crippen molar-refractivity contribution in [1.82, 2.24) is 25.5 Å². The van der Waals surface area contributed by atoms with Crippen LogP contribution in [0.3, 0.4) is 0 Å². The zero-order valence-electron chi connectivity index (χ0n) is 19.5. The van der Waals surface area contributed by atoms with E-state index in [1.165, 1.54) is 41.3 Å². The molecule has 192 valence electrons. The van der Waals surface area contributed by atoms with Crippen molar-refractivity contribution in [3.05, 3.63) is 95.3 Å². The maximum atomic E-state index is 13.1. The summed E-state index contributed by atoms with van der Waals surface area (Å²) in [5.74, 6) is -3.82. The predicted octanol–water partition coefficient (Wildman–Crippen LogP) is 2.32. The van der Waals surface area contributed by atoms with Crippen LogP contribution in [0.2, 0.25) is 5.02 Å². The van der Waals surface area contributed by atoms with Crippen LogP contribution in [-0.2, 0) is 20.8 Å². The summed E-state index contributed by atoms with van der Waals surface area (Å²) < 4.78 is 1.28. The summed E-state index contributed by atoms with van der Waals surface area (Å²) in [6, 6.07) is 17.9. The van der Waals surface area contributed by atoms with Gasteiger partial charge in [-0.2, -0.15) is 4.68 Å². The number of nitrogens with zero attached hydrogens (tertiary/aromatic N) is 4. The maximum Gasteiger partial charge on any atom is 0.335 e. The maximum absolute atomic E-state index is 13.1. The Labute approximate surface area is 220 Å². The number of carboxylic acid groups (broad SMARTS) is 1. The molecule has 0 saturated heterocycles. The first-order chi connectivity index (χ1) is 18.3. The first-order valence-electron chi connectivity index (χ1n) is 11.1. The van der Waals surface area contributed by atoms with Crippen LogP contribution in [0.1, 0.15) is 15.9 Å². The van der Waals surface area contributed by atoms with Crippen molar-refractivity contribution >= 4 is 46.7 Å². The molecular weight excluding hydrogens is 514 g/mol. The smallest absolute Gasteiger partial charge is 0.335 e. The van der Waals surface area contributed by atoms with Crippen molar-refractivity contribution in [3.8, 4) is 5.69 Å². The molecule has 0 bridgehead atoms. The van der Waals surface area contributed by atoms with Gasteiger partial charge in [0.2, 0.25) is 5.91 Å². The van der Waals surface area contributed by atoms with E-state index >= 15 is 0 Å². The average molecular weight is 534 g/mol. The van der Waals surface area contributed by atoms with Crippen molar-refractivity contribution in [1.29, 1.82) is 0 Å². The lowest BCUT2D eigenvalue weighted by molar-refractivity contribution is -0.137. The highest BCUT2D eigenvalue weighted by atomic mass is 35.5. The molecule has 0 aliphatic heterocycles. The van der Waals surface area contributed by atoms with Gasteiger partial charge in [0.15, 0.2) is 0 Å². The van der Waals surface area contributed by atoms with E-state index in [0.717, 1.165) is 5.56 Å². The molecule has 0 fully saturated rings. The number of amides is 3. The Balaban J connectivity index is 1.50. The lowest BCUT2D eigenvalue weighted by Crippen LogP contribution is -2.49. The first-order valence-corrected chi connectivity index (χ1v) is 11.5. The number of benzene rings is 3. The summed E-state index contributed by atoms with van der Waals surface area (Å²) in [4.78, 5) is 49.8. The van der Waals surface area contributed by atoms with Crippen LogP contribution in [-0.4, -0.2) is 55.0 Å². The lowest BCUT2D eigenvalue weighted by atomic mass is 10.0. The van der Waals surface area contributed by atoms with E-state index < -0.39 is 29.7 Å². The summed E-state index contributed by atoms with van der Waals surface area (Å²) in [6.45, 7) is 0. The summed E-state index contributed by atoms with van der Waals surface area (Å²) in [6.07, 6.45) is 1.40. The number of carbonyl (C=O) groups is 4. The Hall–Kier alpha value is -5.10. The molecule has 0 saturated carbocycles. The minimum atomic E-state index is -1.13. The largest absolute Gasteiger partial charge is 0.478 e. The van der Waals surface area contributed by atoms with Crippen LogP contribution in [0.5, 0.6) is 0 Å². The Kier molecular flexibility index (Phi) is 8.04. The van der Waals surface area contributed by atoms with E-state index in [1.54, 1.807) is 36.4 Å². The Bertz CT molecular complexity index is 1460. The van der Waals surface area contributed by atoms with Crippen LogP contribution >= 0.6 is 11.6 Å². The van der Waals surface area contributed by atoms with Gasteiger partial charge in [-0.05, 0) is 58.5 Å². The van der Waals surface area contributed by atoms with E-state index in [0.29, 0.717) is 16.4 Å². The highest BCUT2D eigenvalue weighted by molar-refractivity contribution is 6.40.